The smallest absolute Gasteiger partial charge is 0.232 e. The summed E-state index contributed by atoms with van der Waals surface area (Å²) in [5, 5.41) is 3.16. The summed E-state index contributed by atoms with van der Waals surface area (Å²) < 4.78 is 43.2. The van der Waals surface area contributed by atoms with E-state index >= 15 is 0 Å². The standard InChI is InChI=1S/C25H32N2O6S/c1-4-25(5-2)16-20(19-9-6-7-10-21(19)33-25)26-24(28)11-8-14-27(34(3,29)30)18-12-13-22-23(15-18)32-17-31-22/h6-7,9-10,12-13,15,20H,4-5,8,11,14,16-17H2,1-3H3,(H,26,28). The summed E-state index contributed by atoms with van der Waals surface area (Å²) in [5.74, 6) is 1.80. The molecule has 0 saturated heterocycles. The van der Waals surface area contributed by atoms with E-state index in [9.17, 15) is 13.2 Å². The first-order chi connectivity index (χ1) is 16.2. The molecule has 2 aromatic rings. The Balaban J connectivity index is 1.41. The molecule has 0 saturated carbocycles. The average molecular weight is 489 g/mol. The van der Waals surface area contributed by atoms with E-state index in [1.165, 1.54) is 4.31 Å². The number of benzene rings is 2. The maximum absolute atomic E-state index is 12.9. The predicted molar refractivity (Wildman–Crippen MR) is 130 cm³/mol. The molecule has 0 radical (unpaired) electrons. The van der Waals surface area contributed by atoms with E-state index in [2.05, 4.69) is 19.2 Å². The summed E-state index contributed by atoms with van der Waals surface area (Å²) >= 11 is 0. The van der Waals surface area contributed by atoms with Gasteiger partial charge < -0.3 is 19.5 Å². The minimum Gasteiger partial charge on any atom is -0.487 e. The molecule has 2 aliphatic rings. The van der Waals surface area contributed by atoms with Crippen LogP contribution in [0.15, 0.2) is 42.5 Å². The Morgan fingerprint density at radius 1 is 1.09 bits per heavy atom. The van der Waals surface area contributed by atoms with E-state index in [1.807, 2.05) is 24.3 Å². The van der Waals surface area contributed by atoms with Crippen molar-refractivity contribution in [1.29, 1.82) is 0 Å². The summed E-state index contributed by atoms with van der Waals surface area (Å²) in [5.41, 5.74) is 1.16. The van der Waals surface area contributed by atoms with Gasteiger partial charge in [0.05, 0.1) is 18.0 Å². The minimum atomic E-state index is -3.53. The van der Waals surface area contributed by atoms with Crippen LogP contribution >= 0.6 is 0 Å². The summed E-state index contributed by atoms with van der Waals surface area (Å²) in [6.07, 6.45) is 4.15. The van der Waals surface area contributed by atoms with Crippen LogP contribution in [-0.4, -0.2) is 39.5 Å². The molecular formula is C25H32N2O6S. The number of hydrogen-bond acceptors (Lipinski definition) is 6. The average Bonchev–Trinajstić information content (AvgIpc) is 3.29. The monoisotopic (exact) mass is 488 g/mol. The van der Waals surface area contributed by atoms with Gasteiger partial charge in [-0.15, -0.1) is 0 Å². The first-order valence-corrected chi connectivity index (χ1v) is 13.5. The number of para-hydroxylation sites is 1. The Kier molecular flexibility index (Phi) is 6.93. The summed E-state index contributed by atoms with van der Waals surface area (Å²) in [6.45, 7) is 4.51. The van der Waals surface area contributed by atoms with E-state index in [0.717, 1.165) is 30.4 Å². The van der Waals surface area contributed by atoms with E-state index in [-0.39, 0.29) is 37.3 Å². The van der Waals surface area contributed by atoms with Crippen molar-refractivity contribution in [3.8, 4) is 17.2 Å². The predicted octanol–water partition coefficient (Wildman–Crippen LogP) is 4.16. The third-order valence-electron chi connectivity index (χ3n) is 6.63. The normalized spacial score (nSPS) is 18.0. The first-order valence-electron chi connectivity index (χ1n) is 11.7. The second kappa shape index (κ2) is 9.74. The van der Waals surface area contributed by atoms with E-state index in [0.29, 0.717) is 30.0 Å². The highest BCUT2D eigenvalue weighted by molar-refractivity contribution is 7.92. The van der Waals surface area contributed by atoms with Gasteiger partial charge in [0.15, 0.2) is 11.5 Å². The number of rotatable bonds is 9. The molecule has 0 fully saturated rings. The zero-order valence-electron chi connectivity index (χ0n) is 19.9. The molecule has 8 nitrogen and oxygen atoms in total. The number of carbonyl (C=O) groups excluding carboxylic acids is 1. The number of ether oxygens (including phenoxy) is 3. The molecule has 2 aromatic carbocycles. The lowest BCUT2D eigenvalue weighted by Gasteiger charge is -2.41. The van der Waals surface area contributed by atoms with Gasteiger partial charge in [-0.25, -0.2) is 8.42 Å². The second-order valence-corrected chi connectivity index (χ2v) is 10.7. The van der Waals surface area contributed by atoms with Crippen LogP contribution in [0.25, 0.3) is 0 Å². The van der Waals surface area contributed by atoms with E-state index < -0.39 is 10.0 Å². The van der Waals surface area contributed by atoms with Gasteiger partial charge in [-0.05, 0) is 37.5 Å². The summed E-state index contributed by atoms with van der Waals surface area (Å²) in [7, 11) is -3.53. The van der Waals surface area contributed by atoms with Crippen LogP contribution in [0.4, 0.5) is 5.69 Å². The maximum atomic E-state index is 12.9. The van der Waals surface area contributed by atoms with Crippen LogP contribution < -0.4 is 23.8 Å². The molecule has 1 N–H and O–H groups in total. The van der Waals surface area contributed by atoms with Crippen LogP contribution in [0.2, 0.25) is 0 Å². The van der Waals surface area contributed by atoms with Crippen molar-refractivity contribution in [2.75, 3.05) is 23.9 Å². The maximum Gasteiger partial charge on any atom is 0.232 e. The zero-order chi connectivity index (χ0) is 24.3. The second-order valence-electron chi connectivity index (χ2n) is 8.83. The van der Waals surface area contributed by atoms with Gasteiger partial charge >= 0.3 is 0 Å². The van der Waals surface area contributed by atoms with Crippen LogP contribution in [0, 0.1) is 0 Å². The van der Waals surface area contributed by atoms with Crippen molar-refractivity contribution < 1.29 is 27.4 Å². The molecule has 1 unspecified atom stereocenters. The fourth-order valence-electron chi connectivity index (χ4n) is 4.61. The van der Waals surface area contributed by atoms with Crippen LogP contribution in [-0.2, 0) is 14.8 Å². The summed E-state index contributed by atoms with van der Waals surface area (Å²) in [6, 6.07) is 12.7. The van der Waals surface area contributed by atoms with Gasteiger partial charge in [0.25, 0.3) is 0 Å². The molecule has 0 aliphatic carbocycles. The number of nitrogens with one attached hydrogen (secondary N) is 1. The van der Waals surface area contributed by atoms with Crippen LogP contribution in [0.1, 0.15) is 57.6 Å². The Bertz CT molecular complexity index is 1150. The molecule has 9 heteroatoms. The lowest BCUT2D eigenvalue weighted by molar-refractivity contribution is -0.122. The van der Waals surface area contributed by atoms with E-state index in [4.69, 9.17) is 14.2 Å². The minimum absolute atomic E-state index is 0.109. The highest BCUT2D eigenvalue weighted by atomic mass is 32.2. The molecule has 4 rings (SSSR count). The van der Waals surface area contributed by atoms with Crippen molar-refractivity contribution in [1.82, 2.24) is 5.32 Å². The fraction of sp³-hybridized carbons (Fsp3) is 0.480. The molecule has 0 bridgehead atoms. The van der Waals surface area contributed by atoms with Gasteiger partial charge in [-0.3, -0.25) is 9.10 Å². The van der Waals surface area contributed by atoms with Crippen LogP contribution in [0.5, 0.6) is 17.2 Å². The van der Waals surface area contributed by atoms with Gasteiger partial charge in [-0.2, -0.15) is 0 Å². The Morgan fingerprint density at radius 2 is 1.82 bits per heavy atom. The van der Waals surface area contributed by atoms with Crippen molar-refractivity contribution in [3.63, 3.8) is 0 Å². The number of carbonyl (C=O) groups is 1. The van der Waals surface area contributed by atoms with Gasteiger partial charge in [-0.1, -0.05) is 32.0 Å². The lowest BCUT2D eigenvalue weighted by Crippen LogP contribution is -2.44. The number of anilines is 1. The molecule has 184 valence electrons. The molecule has 0 spiro atoms. The molecule has 34 heavy (non-hydrogen) atoms. The van der Waals surface area contributed by atoms with Crippen molar-refractivity contribution in [2.45, 2.75) is 57.6 Å². The Hall–Kier alpha value is -2.94. The summed E-state index contributed by atoms with van der Waals surface area (Å²) in [4.78, 5) is 12.9. The molecule has 1 amide bonds. The Morgan fingerprint density at radius 3 is 2.56 bits per heavy atom. The van der Waals surface area contributed by atoms with E-state index in [1.54, 1.807) is 18.2 Å². The van der Waals surface area contributed by atoms with Crippen molar-refractivity contribution >= 4 is 21.6 Å². The highest BCUT2D eigenvalue weighted by Gasteiger charge is 2.38. The number of fused-ring (bicyclic) bond motifs is 2. The third kappa shape index (κ3) is 5.09. The SMILES string of the molecule is CCC1(CC)CC(NC(=O)CCCN(c2ccc3c(c2)OCO3)S(C)(=O)=O)c2ccccc2O1. The topological polar surface area (TPSA) is 94.2 Å². The molecule has 1 atom stereocenters. The number of nitrogens with zero attached hydrogens (tertiary/aromatic N) is 1. The molecule has 0 aromatic heterocycles. The lowest BCUT2D eigenvalue weighted by atomic mass is 9.83. The van der Waals surface area contributed by atoms with Crippen LogP contribution in [0.3, 0.4) is 0 Å². The fourth-order valence-corrected chi connectivity index (χ4v) is 5.56. The molecular weight excluding hydrogens is 456 g/mol. The molecule has 2 aliphatic heterocycles. The third-order valence-corrected chi connectivity index (χ3v) is 7.82. The van der Waals surface area contributed by atoms with Gasteiger partial charge in [0, 0.05) is 31.0 Å². The molecule has 2 heterocycles. The van der Waals surface area contributed by atoms with Gasteiger partial charge in [0.2, 0.25) is 22.7 Å². The van der Waals surface area contributed by atoms with Crippen molar-refractivity contribution in [2.24, 2.45) is 0 Å². The number of hydrogen-bond donors (Lipinski definition) is 1. The zero-order valence-corrected chi connectivity index (χ0v) is 20.7. The quantitative estimate of drug-likeness (QED) is 0.570. The highest BCUT2D eigenvalue weighted by Crippen LogP contribution is 2.42. The van der Waals surface area contributed by atoms with Gasteiger partial charge in [0.1, 0.15) is 11.4 Å². The first kappa shape index (κ1) is 24.2. The number of amides is 1. The largest absolute Gasteiger partial charge is 0.487 e. The number of sulfonamides is 1. The van der Waals surface area contributed by atoms with Crippen molar-refractivity contribution in [3.05, 3.63) is 48.0 Å². The Labute approximate surface area is 201 Å².